The number of aromatic nitrogens is 2. The maximum Gasteiger partial charge on any atom is 0.287 e. The first-order valence-electron chi connectivity index (χ1n) is 12.3. The third-order valence-electron chi connectivity index (χ3n) is 5.15. The molecule has 0 radical (unpaired) electrons. The molecule has 39 heavy (non-hydrogen) atoms. The second-order valence-corrected chi connectivity index (χ2v) is 8.25. The van der Waals surface area contributed by atoms with Crippen LogP contribution in [0.15, 0.2) is 95.8 Å². The van der Waals surface area contributed by atoms with E-state index >= 15 is 0 Å². The molecule has 0 unspecified atom stereocenters. The summed E-state index contributed by atoms with van der Waals surface area (Å²) in [7, 11) is 0. The van der Waals surface area contributed by atoms with E-state index in [1.165, 1.54) is 0 Å². The van der Waals surface area contributed by atoms with E-state index in [0.717, 1.165) is 11.1 Å². The minimum Gasteiger partial charge on any atom is -0.361 e. The van der Waals surface area contributed by atoms with Gasteiger partial charge in [0.2, 0.25) is 5.91 Å². The average Bonchev–Trinajstić information content (AvgIpc) is 3.42. The monoisotopic (exact) mass is 529 g/mol. The molecule has 11 nitrogen and oxygen atoms in total. The number of benzene rings is 2. The number of nitrogens with one attached hydrogen (secondary N) is 5. The molecule has 0 spiro atoms. The highest BCUT2D eigenvalue weighted by Crippen LogP contribution is 2.01. The van der Waals surface area contributed by atoms with E-state index in [1.54, 1.807) is 37.5 Å². The molecule has 2 heterocycles. The molecule has 2 aromatic carbocycles. The fraction of sp³-hybridized carbons (Fsp3) is 0.179. The summed E-state index contributed by atoms with van der Waals surface area (Å²) < 4.78 is 4.81. The van der Waals surface area contributed by atoms with Crippen molar-refractivity contribution in [3.8, 4) is 0 Å². The summed E-state index contributed by atoms with van der Waals surface area (Å²) in [6.45, 7) is 3.16. The number of hydrogen-bond acceptors (Lipinski definition) is 8. The Balaban J connectivity index is 0.000000223. The summed E-state index contributed by atoms with van der Waals surface area (Å²) in [5.74, 6) is -0.0300. The number of pyridine rings is 1. The van der Waals surface area contributed by atoms with E-state index in [9.17, 15) is 14.4 Å². The number of carbonyl (C=O) groups is 3. The van der Waals surface area contributed by atoms with Crippen molar-refractivity contribution in [2.24, 2.45) is 0 Å². The maximum absolute atomic E-state index is 11.7. The van der Waals surface area contributed by atoms with Crippen LogP contribution in [0.1, 0.15) is 44.2 Å². The van der Waals surface area contributed by atoms with Crippen molar-refractivity contribution in [2.75, 3.05) is 6.54 Å². The number of rotatable bonds is 11. The number of amides is 3. The molecular weight excluding hydrogens is 498 g/mol. The van der Waals surface area contributed by atoms with Crippen LogP contribution in [0.3, 0.4) is 0 Å². The Labute approximate surface area is 226 Å². The van der Waals surface area contributed by atoms with Crippen molar-refractivity contribution in [3.63, 3.8) is 0 Å². The third-order valence-corrected chi connectivity index (χ3v) is 5.15. The zero-order chi connectivity index (χ0) is 27.7. The van der Waals surface area contributed by atoms with Crippen molar-refractivity contribution < 1.29 is 18.9 Å². The second-order valence-electron chi connectivity index (χ2n) is 8.25. The van der Waals surface area contributed by atoms with Crippen LogP contribution in [-0.4, -0.2) is 34.4 Å². The second kappa shape index (κ2) is 16.1. The normalized spacial score (nSPS) is 10.1. The lowest BCUT2D eigenvalue weighted by molar-refractivity contribution is -0.121. The van der Waals surface area contributed by atoms with Crippen molar-refractivity contribution in [3.05, 3.63) is 119 Å². The summed E-state index contributed by atoms with van der Waals surface area (Å²) >= 11 is 0. The van der Waals surface area contributed by atoms with E-state index in [2.05, 4.69) is 37.2 Å². The molecule has 11 heteroatoms. The minimum atomic E-state index is -0.308. The predicted molar refractivity (Wildman–Crippen MR) is 145 cm³/mol. The van der Waals surface area contributed by atoms with Crippen LogP contribution in [0.5, 0.6) is 0 Å². The lowest BCUT2D eigenvalue weighted by atomic mass is 10.2. The Bertz CT molecular complexity index is 1300. The first-order valence-corrected chi connectivity index (χ1v) is 12.3. The van der Waals surface area contributed by atoms with Crippen LogP contribution in [0.4, 0.5) is 0 Å². The zero-order valence-corrected chi connectivity index (χ0v) is 21.5. The molecule has 202 valence electrons. The first kappa shape index (κ1) is 28.7. The van der Waals surface area contributed by atoms with Crippen LogP contribution in [0.2, 0.25) is 0 Å². The molecule has 3 amide bonds. The summed E-state index contributed by atoms with van der Waals surface area (Å²) in [6, 6.07) is 24.3. The number of carbonyl (C=O) groups excluding carboxylic acids is 3. The molecule has 0 saturated carbocycles. The topological polar surface area (TPSA) is 150 Å². The van der Waals surface area contributed by atoms with E-state index in [4.69, 9.17) is 4.52 Å². The van der Waals surface area contributed by atoms with Gasteiger partial charge in [0.05, 0.1) is 0 Å². The van der Waals surface area contributed by atoms with Gasteiger partial charge in [-0.1, -0.05) is 65.8 Å². The molecule has 5 N–H and O–H groups in total. The Kier molecular flexibility index (Phi) is 11.8. The van der Waals surface area contributed by atoms with Crippen LogP contribution >= 0.6 is 0 Å². The molecule has 2 aromatic heterocycles. The summed E-state index contributed by atoms with van der Waals surface area (Å²) in [6.07, 6.45) is 3.38. The van der Waals surface area contributed by atoms with Gasteiger partial charge in [-0.15, -0.1) is 0 Å². The average molecular weight is 530 g/mol. The van der Waals surface area contributed by atoms with Gasteiger partial charge < -0.3 is 9.84 Å². The number of hydrazine groups is 2. The molecule has 4 rings (SSSR count). The molecular formula is C28H31N7O4. The Morgan fingerprint density at radius 2 is 1.38 bits per heavy atom. The van der Waals surface area contributed by atoms with Gasteiger partial charge in [0.25, 0.3) is 11.8 Å². The Hall–Kier alpha value is -4.87. The standard InChI is InChI=1S/C16H18N4O2.C12H13N3O2/c21-15(18-12-13-4-2-1-3-5-13)8-11-19-20-16(22)14-6-9-17-10-7-14;1-9-7-11(15-17-9)12(16)14-13-8-10-5-3-2-4-6-10/h1-7,9-10,19H,8,11-12H2,(H,18,21)(H,20,22);2-7,13H,8H2,1H3,(H,14,16). The van der Waals surface area contributed by atoms with Crippen LogP contribution in [0.25, 0.3) is 0 Å². The van der Waals surface area contributed by atoms with Crippen molar-refractivity contribution in [2.45, 2.75) is 26.4 Å². The predicted octanol–water partition coefficient (Wildman–Crippen LogP) is 2.44. The molecule has 0 atom stereocenters. The van der Waals surface area contributed by atoms with Gasteiger partial charge in [0.15, 0.2) is 5.69 Å². The fourth-order valence-corrected chi connectivity index (χ4v) is 3.14. The summed E-state index contributed by atoms with van der Waals surface area (Å²) in [4.78, 5) is 38.7. The van der Waals surface area contributed by atoms with Gasteiger partial charge in [-0.05, 0) is 30.2 Å². The molecule has 0 fully saturated rings. The maximum atomic E-state index is 11.7. The van der Waals surface area contributed by atoms with E-state index < -0.39 is 0 Å². The summed E-state index contributed by atoms with van der Waals surface area (Å²) in [5.41, 5.74) is 13.6. The van der Waals surface area contributed by atoms with Crippen LogP contribution < -0.4 is 27.0 Å². The van der Waals surface area contributed by atoms with Crippen molar-refractivity contribution >= 4 is 17.7 Å². The molecule has 0 bridgehead atoms. The van der Waals surface area contributed by atoms with E-state index in [1.807, 2.05) is 60.7 Å². The highest BCUT2D eigenvalue weighted by molar-refractivity contribution is 5.93. The first-order chi connectivity index (χ1) is 19.0. The molecule has 0 aliphatic carbocycles. The van der Waals surface area contributed by atoms with Crippen molar-refractivity contribution in [1.29, 1.82) is 0 Å². The molecule has 4 aromatic rings. The summed E-state index contributed by atoms with van der Waals surface area (Å²) in [5, 5.41) is 6.43. The van der Waals surface area contributed by atoms with Crippen LogP contribution in [0, 0.1) is 6.92 Å². The van der Waals surface area contributed by atoms with Gasteiger partial charge in [-0.3, -0.25) is 30.2 Å². The lowest BCUT2D eigenvalue weighted by Gasteiger charge is -2.08. The highest BCUT2D eigenvalue weighted by Gasteiger charge is 2.09. The molecule has 0 aliphatic heterocycles. The minimum absolute atomic E-state index is 0.0745. The quantitative estimate of drug-likeness (QED) is 0.147. The lowest BCUT2D eigenvalue weighted by Crippen LogP contribution is -2.39. The van der Waals surface area contributed by atoms with E-state index in [0.29, 0.717) is 31.0 Å². The van der Waals surface area contributed by atoms with Gasteiger partial charge >= 0.3 is 0 Å². The van der Waals surface area contributed by atoms with Crippen LogP contribution in [-0.2, 0) is 17.9 Å². The number of aryl methyl sites for hydroxylation is 1. The third kappa shape index (κ3) is 11.0. The van der Waals surface area contributed by atoms with Gasteiger partial charge in [0, 0.05) is 50.1 Å². The van der Waals surface area contributed by atoms with E-state index in [-0.39, 0.29) is 29.8 Å². The van der Waals surface area contributed by atoms with Crippen molar-refractivity contribution in [1.82, 2.24) is 37.2 Å². The fourth-order valence-electron chi connectivity index (χ4n) is 3.14. The molecule has 0 saturated heterocycles. The Morgan fingerprint density at radius 1 is 0.769 bits per heavy atom. The van der Waals surface area contributed by atoms with Gasteiger partial charge in [0.1, 0.15) is 5.76 Å². The zero-order valence-electron chi connectivity index (χ0n) is 21.5. The number of nitrogens with zero attached hydrogens (tertiary/aromatic N) is 2. The van der Waals surface area contributed by atoms with Gasteiger partial charge in [-0.2, -0.15) is 0 Å². The smallest absolute Gasteiger partial charge is 0.287 e. The highest BCUT2D eigenvalue weighted by atomic mass is 16.5. The Morgan fingerprint density at radius 3 is 2.00 bits per heavy atom. The molecule has 0 aliphatic rings. The number of hydrogen-bond donors (Lipinski definition) is 5. The SMILES string of the molecule is Cc1cc(C(=O)NNCc2ccccc2)no1.O=C(CCNNC(=O)c1ccncc1)NCc1ccccc1. The largest absolute Gasteiger partial charge is 0.361 e. The van der Waals surface area contributed by atoms with Gasteiger partial charge in [-0.25, -0.2) is 10.9 Å².